The zero-order chi connectivity index (χ0) is 13.1. The van der Waals surface area contributed by atoms with E-state index in [0.29, 0.717) is 11.1 Å². The molecule has 0 bridgehead atoms. The van der Waals surface area contributed by atoms with Crippen molar-refractivity contribution >= 4 is 11.6 Å². The van der Waals surface area contributed by atoms with E-state index in [1.807, 2.05) is 12.1 Å². The molecule has 4 heteroatoms. The number of aryl methyl sites for hydroxylation is 1. The molecule has 0 spiro atoms. The van der Waals surface area contributed by atoms with E-state index in [9.17, 15) is 0 Å². The molecule has 1 aliphatic rings. The van der Waals surface area contributed by atoms with Gasteiger partial charge in [-0.05, 0) is 43.7 Å². The first kappa shape index (κ1) is 13.7. The Morgan fingerprint density at radius 2 is 2.17 bits per heavy atom. The maximum Gasteiger partial charge on any atom is 0.137 e. The van der Waals surface area contributed by atoms with Gasteiger partial charge in [0.2, 0.25) is 0 Å². The summed E-state index contributed by atoms with van der Waals surface area (Å²) in [6.45, 7) is 5.40. The fraction of sp³-hybridized carbons (Fsp3) is 0.571. The van der Waals surface area contributed by atoms with Crippen molar-refractivity contribution in [3.63, 3.8) is 0 Å². The molecular formula is C14H21ClN2O. The first-order chi connectivity index (χ1) is 8.61. The summed E-state index contributed by atoms with van der Waals surface area (Å²) in [6, 6.07) is 4.74. The molecule has 1 saturated heterocycles. The Hall–Kier alpha value is -0.770. The predicted molar refractivity (Wildman–Crippen MR) is 75.7 cm³/mol. The van der Waals surface area contributed by atoms with Crippen molar-refractivity contribution in [3.8, 4) is 5.75 Å². The second-order valence-electron chi connectivity index (χ2n) is 4.96. The summed E-state index contributed by atoms with van der Waals surface area (Å²) < 4.78 is 5.22. The lowest BCUT2D eigenvalue weighted by molar-refractivity contribution is 0.182. The van der Waals surface area contributed by atoms with Gasteiger partial charge in [-0.2, -0.15) is 0 Å². The first-order valence-electron chi connectivity index (χ1n) is 6.35. The first-order valence-corrected chi connectivity index (χ1v) is 6.73. The van der Waals surface area contributed by atoms with Gasteiger partial charge in [-0.25, -0.2) is 0 Å². The number of halogens is 1. The molecule has 1 aromatic carbocycles. The van der Waals surface area contributed by atoms with E-state index in [0.717, 1.165) is 31.8 Å². The highest BCUT2D eigenvalue weighted by molar-refractivity contribution is 6.32. The molecule has 3 nitrogen and oxygen atoms in total. The van der Waals surface area contributed by atoms with Gasteiger partial charge in [0.1, 0.15) is 5.75 Å². The summed E-state index contributed by atoms with van der Waals surface area (Å²) in [5, 5.41) is 4.00. The highest BCUT2D eigenvalue weighted by Gasteiger charge is 2.21. The van der Waals surface area contributed by atoms with Crippen molar-refractivity contribution < 1.29 is 4.74 Å². The number of nitrogens with zero attached hydrogens (tertiary/aromatic N) is 1. The van der Waals surface area contributed by atoms with Gasteiger partial charge in [-0.15, -0.1) is 0 Å². The number of ether oxygens (including phenoxy) is 1. The van der Waals surface area contributed by atoms with Gasteiger partial charge in [-0.1, -0.05) is 11.6 Å². The number of likely N-dealkylation sites (N-methyl/N-ethyl adjacent to an activating group) is 1. The Balaban J connectivity index is 1.98. The molecule has 100 valence electrons. The van der Waals surface area contributed by atoms with E-state index in [-0.39, 0.29) is 0 Å². The third kappa shape index (κ3) is 2.97. The molecule has 0 radical (unpaired) electrons. The molecule has 0 aromatic heterocycles. The second kappa shape index (κ2) is 5.91. The van der Waals surface area contributed by atoms with Gasteiger partial charge >= 0.3 is 0 Å². The van der Waals surface area contributed by atoms with Crippen LogP contribution >= 0.6 is 11.6 Å². The molecule has 1 N–H and O–H groups in total. The van der Waals surface area contributed by atoms with Crippen LogP contribution in [0.15, 0.2) is 12.1 Å². The molecule has 1 aliphatic heterocycles. The smallest absolute Gasteiger partial charge is 0.137 e. The van der Waals surface area contributed by atoms with Crippen LogP contribution in [0.3, 0.4) is 0 Å². The highest BCUT2D eigenvalue weighted by atomic mass is 35.5. The summed E-state index contributed by atoms with van der Waals surface area (Å²) in [4.78, 5) is 2.41. The SMILES string of the molecule is COc1cc(C)c(CCN(C)C2CNC2)cc1Cl. The molecule has 2 rings (SSSR count). The van der Waals surface area contributed by atoms with Crippen molar-refractivity contribution in [2.24, 2.45) is 0 Å². The van der Waals surface area contributed by atoms with Gasteiger partial charge in [0.25, 0.3) is 0 Å². The highest BCUT2D eigenvalue weighted by Crippen LogP contribution is 2.28. The van der Waals surface area contributed by atoms with Gasteiger partial charge in [-0.3, -0.25) is 0 Å². The molecule has 0 unspecified atom stereocenters. The van der Waals surface area contributed by atoms with Gasteiger partial charge in [0.05, 0.1) is 12.1 Å². The molecule has 18 heavy (non-hydrogen) atoms. The summed E-state index contributed by atoms with van der Waals surface area (Å²) in [5.74, 6) is 0.759. The average molecular weight is 269 g/mol. The quantitative estimate of drug-likeness (QED) is 0.885. The number of rotatable bonds is 5. The van der Waals surface area contributed by atoms with Crippen LogP contribution in [0.1, 0.15) is 11.1 Å². The van der Waals surface area contributed by atoms with Crippen LogP contribution in [0, 0.1) is 6.92 Å². The van der Waals surface area contributed by atoms with E-state index in [1.165, 1.54) is 11.1 Å². The summed E-state index contributed by atoms with van der Waals surface area (Å²) in [5.41, 5.74) is 2.55. The van der Waals surface area contributed by atoms with Crippen LogP contribution in [-0.2, 0) is 6.42 Å². The number of methoxy groups -OCH3 is 1. The van der Waals surface area contributed by atoms with Gasteiger partial charge in [0.15, 0.2) is 0 Å². The van der Waals surface area contributed by atoms with E-state index in [2.05, 4.69) is 24.2 Å². The zero-order valence-corrected chi connectivity index (χ0v) is 12.0. The molecule has 0 saturated carbocycles. The predicted octanol–water partition coefficient (Wildman–Crippen LogP) is 2.10. The Kier molecular flexibility index (Phi) is 4.49. The second-order valence-corrected chi connectivity index (χ2v) is 5.36. The average Bonchev–Trinajstić information content (AvgIpc) is 2.27. The van der Waals surface area contributed by atoms with Crippen LogP contribution in [-0.4, -0.2) is 44.7 Å². The normalized spacial score (nSPS) is 15.8. The lowest BCUT2D eigenvalue weighted by Crippen LogP contribution is -2.56. The molecule has 0 aliphatic carbocycles. The fourth-order valence-electron chi connectivity index (χ4n) is 2.19. The molecule has 1 aromatic rings. The molecule has 0 atom stereocenters. The van der Waals surface area contributed by atoms with Gasteiger partial charge in [0, 0.05) is 25.7 Å². The third-order valence-electron chi connectivity index (χ3n) is 3.73. The number of benzene rings is 1. The number of hydrogen-bond donors (Lipinski definition) is 1. The van der Waals surface area contributed by atoms with Crippen LogP contribution < -0.4 is 10.1 Å². The Labute approximate surface area is 114 Å². The molecule has 0 amide bonds. The standard InChI is InChI=1S/C14H21ClN2O/c1-10-6-14(18-3)13(15)7-11(10)4-5-17(2)12-8-16-9-12/h6-7,12,16H,4-5,8-9H2,1-3H3. The topological polar surface area (TPSA) is 24.5 Å². The van der Waals surface area contributed by atoms with Crippen LogP contribution in [0.25, 0.3) is 0 Å². The van der Waals surface area contributed by atoms with Crippen LogP contribution in [0.2, 0.25) is 5.02 Å². The van der Waals surface area contributed by atoms with Crippen molar-refractivity contribution in [2.75, 3.05) is 33.8 Å². The minimum absolute atomic E-state index is 0.694. The van der Waals surface area contributed by atoms with Gasteiger partial charge < -0.3 is 15.0 Å². The summed E-state index contributed by atoms with van der Waals surface area (Å²) in [7, 11) is 3.84. The summed E-state index contributed by atoms with van der Waals surface area (Å²) in [6.07, 6.45) is 1.03. The number of nitrogens with one attached hydrogen (secondary N) is 1. The fourth-order valence-corrected chi connectivity index (χ4v) is 2.45. The Bertz CT molecular complexity index is 419. The minimum atomic E-state index is 0.694. The number of hydrogen-bond acceptors (Lipinski definition) is 3. The lowest BCUT2D eigenvalue weighted by Gasteiger charge is -2.35. The third-order valence-corrected chi connectivity index (χ3v) is 4.02. The maximum absolute atomic E-state index is 6.17. The van der Waals surface area contributed by atoms with E-state index in [4.69, 9.17) is 16.3 Å². The maximum atomic E-state index is 6.17. The Morgan fingerprint density at radius 3 is 2.72 bits per heavy atom. The molecular weight excluding hydrogens is 248 g/mol. The van der Waals surface area contributed by atoms with Crippen LogP contribution in [0.4, 0.5) is 0 Å². The zero-order valence-electron chi connectivity index (χ0n) is 11.3. The van der Waals surface area contributed by atoms with Crippen molar-refractivity contribution in [3.05, 3.63) is 28.3 Å². The van der Waals surface area contributed by atoms with E-state index < -0.39 is 0 Å². The van der Waals surface area contributed by atoms with Crippen molar-refractivity contribution in [1.82, 2.24) is 10.2 Å². The van der Waals surface area contributed by atoms with Crippen molar-refractivity contribution in [1.29, 1.82) is 0 Å². The summed E-state index contributed by atoms with van der Waals surface area (Å²) >= 11 is 6.17. The van der Waals surface area contributed by atoms with Crippen molar-refractivity contribution in [2.45, 2.75) is 19.4 Å². The van der Waals surface area contributed by atoms with E-state index >= 15 is 0 Å². The monoisotopic (exact) mass is 268 g/mol. The van der Waals surface area contributed by atoms with E-state index in [1.54, 1.807) is 7.11 Å². The molecule has 1 fully saturated rings. The minimum Gasteiger partial charge on any atom is -0.495 e. The molecule has 1 heterocycles. The largest absolute Gasteiger partial charge is 0.495 e. The Morgan fingerprint density at radius 1 is 1.44 bits per heavy atom. The van der Waals surface area contributed by atoms with Crippen LogP contribution in [0.5, 0.6) is 5.75 Å². The lowest BCUT2D eigenvalue weighted by atomic mass is 10.0.